The van der Waals surface area contributed by atoms with E-state index < -0.39 is 0 Å². The van der Waals surface area contributed by atoms with Crippen LogP contribution in [0.25, 0.3) is 0 Å². The lowest BCUT2D eigenvalue weighted by Gasteiger charge is -2.11. The van der Waals surface area contributed by atoms with Gasteiger partial charge in [-0.05, 0) is 20.8 Å². The molecule has 0 spiro atoms. The molecule has 17 heavy (non-hydrogen) atoms. The number of hydrogen-bond acceptors (Lipinski definition) is 4. The van der Waals surface area contributed by atoms with Gasteiger partial charge in [0.15, 0.2) is 0 Å². The molecule has 0 amide bonds. The Morgan fingerprint density at radius 1 is 1.53 bits per heavy atom. The Hall–Kier alpha value is -1.20. The van der Waals surface area contributed by atoms with Crippen molar-refractivity contribution >= 4 is 11.3 Å². The summed E-state index contributed by atoms with van der Waals surface area (Å²) in [6.07, 6.45) is 3.86. The third kappa shape index (κ3) is 2.92. The van der Waals surface area contributed by atoms with Gasteiger partial charge >= 0.3 is 0 Å². The van der Waals surface area contributed by atoms with Crippen molar-refractivity contribution in [1.82, 2.24) is 19.9 Å². The Balaban J connectivity index is 1.94. The van der Waals surface area contributed by atoms with Gasteiger partial charge in [-0.3, -0.25) is 0 Å². The van der Waals surface area contributed by atoms with Crippen LogP contribution >= 0.6 is 11.3 Å². The lowest BCUT2D eigenvalue weighted by molar-refractivity contribution is 0.537. The van der Waals surface area contributed by atoms with Gasteiger partial charge in [-0.2, -0.15) is 0 Å². The summed E-state index contributed by atoms with van der Waals surface area (Å²) in [6.45, 7) is 8.02. The molecule has 2 aromatic rings. The van der Waals surface area contributed by atoms with Crippen LogP contribution in [0.2, 0.25) is 0 Å². The van der Waals surface area contributed by atoms with Crippen LogP contribution in [0, 0.1) is 6.92 Å². The molecular weight excluding hydrogens is 232 g/mol. The molecule has 0 saturated heterocycles. The molecule has 2 aromatic heterocycles. The Morgan fingerprint density at radius 2 is 2.35 bits per heavy atom. The lowest BCUT2D eigenvalue weighted by atomic mass is 10.3. The summed E-state index contributed by atoms with van der Waals surface area (Å²) < 4.78 is 2.15. The first kappa shape index (κ1) is 12.3. The van der Waals surface area contributed by atoms with Crippen LogP contribution in [0.15, 0.2) is 17.8 Å². The van der Waals surface area contributed by atoms with E-state index in [2.05, 4.69) is 39.1 Å². The number of hydrogen-bond donors (Lipinski definition) is 1. The van der Waals surface area contributed by atoms with E-state index in [1.807, 2.05) is 19.3 Å². The quantitative estimate of drug-likeness (QED) is 0.886. The first-order valence-corrected chi connectivity index (χ1v) is 6.74. The van der Waals surface area contributed by atoms with Crippen molar-refractivity contribution in [2.45, 2.75) is 39.9 Å². The fourth-order valence-corrected chi connectivity index (χ4v) is 2.53. The molecule has 0 aliphatic carbocycles. The third-order valence-electron chi connectivity index (χ3n) is 2.72. The van der Waals surface area contributed by atoms with E-state index in [1.165, 1.54) is 0 Å². The molecule has 0 bridgehead atoms. The van der Waals surface area contributed by atoms with E-state index in [0.29, 0.717) is 0 Å². The fourth-order valence-electron chi connectivity index (χ4n) is 1.70. The minimum absolute atomic E-state index is 0.274. The van der Waals surface area contributed by atoms with E-state index in [1.54, 1.807) is 11.3 Å². The number of nitrogens with one attached hydrogen (secondary N) is 1. The van der Waals surface area contributed by atoms with Crippen molar-refractivity contribution in [3.05, 3.63) is 34.3 Å². The molecule has 2 heterocycles. The lowest BCUT2D eigenvalue weighted by Crippen LogP contribution is -2.20. The highest BCUT2D eigenvalue weighted by molar-refractivity contribution is 7.09. The normalized spacial score (nSPS) is 12.9. The van der Waals surface area contributed by atoms with Gasteiger partial charge < -0.3 is 9.88 Å². The average Bonchev–Trinajstić information content (AvgIpc) is 2.94. The summed E-state index contributed by atoms with van der Waals surface area (Å²) in [6, 6.07) is 0.274. The Labute approximate surface area is 106 Å². The molecule has 1 N–H and O–H groups in total. The number of rotatable bonds is 5. The molecule has 0 saturated carbocycles. The summed E-state index contributed by atoms with van der Waals surface area (Å²) in [5.41, 5.74) is 1.09. The third-order valence-corrected chi connectivity index (χ3v) is 3.86. The topological polar surface area (TPSA) is 42.7 Å². The van der Waals surface area contributed by atoms with Crippen molar-refractivity contribution < 1.29 is 0 Å². The molecule has 2 rings (SSSR count). The van der Waals surface area contributed by atoms with Crippen LogP contribution in [0.5, 0.6) is 0 Å². The van der Waals surface area contributed by atoms with Gasteiger partial charge in [0.05, 0.1) is 12.6 Å². The van der Waals surface area contributed by atoms with Crippen LogP contribution in [-0.4, -0.2) is 14.5 Å². The van der Waals surface area contributed by atoms with E-state index in [9.17, 15) is 0 Å². The fraction of sp³-hybridized carbons (Fsp3) is 0.500. The Morgan fingerprint density at radius 3 is 3.00 bits per heavy atom. The van der Waals surface area contributed by atoms with E-state index in [4.69, 9.17) is 0 Å². The minimum atomic E-state index is 0.274. The molecule has 5 heteroatoms. The van der Waals surface area contributed by atoms with Crippen molar-refractivity contribution in [3.63, 3.8) is 0 Å². The Kier molecular flexibility index (Phi) is 3.91. The van der Waals surface area contributed by atoms with Gasteiger partial charge in [0, 0.05) is 30.0 Å². The second-order valence-corrected chi connectivity index (χ2v) is 4.95. The molecule has 1 unspecified atom stereocenters. The molecule has 1 atom stereocenters. The van der Waals surface area contributed by atoms with E-state index in [-0.39, 0.29) is 6.04 Å². The molecule has 92 valence electrons. The van der Waals surface area contributed by atoms with Crippen LogP contribution in [-0.2, 0) is 13.1 Å². The number of aromatic nitrogens is 3. The number of thiazole rings is 1. The van der Waals surface area contributed by atoms with Gasteiger partial charge in [-0.15, -0.1) is 11.3 Å². The predicted molar refractivity (Wildman–Crippen MR) is 70.0 cm³/mol. The second-order valence-electron chi connectivity index (χ2n) is 4.06. The zero-order valence-corrected chi connectivity index (χ0v) is 11.3. The highest BCUT2D eigenvalue weighted by Crippen LogP contribution is 2.17. The highest BCUT2D eigenvalue weighted by atomic mass is 32.1. The van der Waals surface area contributed by atoms with Gasteiger partial charge in [-0.1, -0.05) is 0 Å². The summed E-state index contributed by atoms with van der Waals surface area (Å²) in [4.78, 5) is 8.82. The molecule has 0 fully saturated rings. The zero-order chi connectivity index (χ0) is 12.3. The summed E-state index contributed by atoms with van der Waals surface area (Å²) in [5.74, 6) is 1.08. The van der Waals surface area contributed by atoms with Crippen LogP contribution in [0.1, 0.15) is 36.4 Å². The number of aryl methyl sites for hydroxylation is 2. The van der Waals surface area contributed by atoms with Crippen molar-refractivity contribution in [3.8, 4) is 0 Å². The molecule has 0 aromatic carbocycles. The van der Waals surface area contributed by atoms with Crippen molar-refractivity contribution in [1.29, 1.82) is 0 Å². The van der Waals surface area contributed by atoms with E-state index >= 15 is 0 Å². The van der Waals surface area contributed by atoms with Crippen LogP contribution in [0.4, 0.5) is 0 Å². The molecule has 0 radical (unpaired) electrons. The predicted octanol–water partition coefficient (Wildman–Crippen LogP) is 2.52. The summed E-state index contributed by atoms with van der Waals surface area (Å²) in [7, 11) is 0. The Bertz CT molecular complexity index is 474. The monoisotopic (exact) mass is 250 g/mol. The molecule has 0 aliphatic heterocycles. The van der Waals surface area contributed by atoms with Gasteiger partial charge in [0.2, 0.25) is 0 Å². The first-order valence-electron chi connectivity index (χ1n) is 5.86. The van der Waals surface area contributed by atoms with Crippen molar-refractivity contribution in [2.75, 3.05) is 0 Å². The number of nitrogens with zero attached hydrogens (tertiary/aromatic N) is 3. The zero-order valence-electron chi connectivity index (χ0n) is 10.5. The maximum atomic E-state index is 4.48. The molecule has 4 nitrogen and oxygen atoms in total. The van der Waals surface area contributed by atoms with Gasteiger partial charge in [0.25, 0.3) is 0 Å². The van der Waals surface area contributed by atoms with Crippen LogP contribution < -0.4 is 5.32 Å². The maximum Gasteiger partial charge on any atom is 0.122 e. The highest BCUT2D eigenvalue weighted by Gasteiger charge is 2.10. The SMILES string of the molecule is CCn1ccnc1CNC(C)c1nc(C)cs1. The summed E-state index contributed by atoms with van der Waals surface area (Å²) >= 11 is 1.70. The maximum absolute atomic E-state index is 4.48. The van der Waals surface area contributed by atoms with E-state index in [0.717, 1.165) is 29.6 Å². The van der Waals surface area contributed by atoms with Gasteiger partial charge in [-0.25, -0.2) is 9.97 Å². The van der Waals surface area contributed by atoms with Gasteiger partial charge in [0.1, 0.15) is 10.8 Å². The number of imidazole rings is 1. The first-order chi connectivity index (χ1) is 8.20. The summed E-state index contributed by atoms with van der Waals surface area (Å²) in [5, 5.41) is 6.67. The average molecular weight is 250 g/mol. The smallest absolute Gasteiger partial charge is 0.122 e. The second kappa shape index (κ2) is 5.42. The van der Waals surface area contributed by atoms with Crippen LogP contribution in [0.3, 0.4) is 0 Å². The molecular formula is C12H18N4S. The minimum Gasteiger partial charge on any atom is -0.334 e. The standard InChI is InChI=1S/C12H18N4S/c1-4-16-6-5-13-11(16)7-14-10(3)12-15-9(2)8-17-12/h5-6,8,10,14H,4,7H2,1-3H3. The molecule has 0 aliphatic rings. The van der Waals surface area contributed by atoms with Crippen molar-refractivity contribution in [2.24, 2.45) is 0 Å². The largest absolute Gasteiger partial charge is 0.334 e.